The van der Waals surface area contributed by atoms with Gasteiger partial charge in [0.25, 0.3) is 0 Å². The largest absolute Gasteiger partial charge is 0.508 e. The molecule has 2 N–H and O–H groups in total. The summed E-state index contributed by atoms with van der Waals surface area (Å²) in [5.41, 5.74) is 3.19. The zero-order valence-electron chi connectivity index (χ0n) is 13.3. The molecular weight excluding hydrogens is 288 g/mol. The lowest BCUT2D eigenvalue weighted by Gasteiger charge is -2.48. The zero-order valence-corrected chi connectivity index (χ0v) is 13.3. The third-order valence-electron chi connectivity index (χ3n) is 5.48. The Kier molecular flexibility index (Phi) is 3.58. The van der Waals surface area contributed by atoms with Crippen LogP contribution in [0, 0.1) is 5.92 Å². The van der Waals surface area contributed by atoms with Crippen molar-refractivity contribution in [3.05, 3.63) is 47.7 Å². The van der Waals surface area contributed by atoms with Gasteiger partial charge in [0, 0.05) is 24.2 Å². The average Bonchev–Trinajstić information content (AvgIpc) is 2.60. The van der Waals surface area contributed by atoms with Crippen LogP contribution in [0.4, 0.5) is 0 Å². The Hall–Kier alpha value is -1.91. The quantitative estimate of drug-likeness (QED) is 0.837. The van der Waals surface area contributed by atoms with Gasteiger partial charge in [0.1, 0.15) is 5.75 Å². The van der Waals surface area contributed by atoms with E-state index in [1.54, 1.807) is 24.4 Å². The van der Waals surface area contributed by atoms with Gasteiger partial charge in [0.05, 0.1) is 11.6 Å². The molecule has 1 aromatic carbocycles. The maximum atomic E-state index is 11.0. The van der Waals surface area contributed by atoms with Crippen molar-refractivity contribution in [2.75, 3.05) is 13.1 Å². The van der Waals surface area contributed by atoms with E-state index in [-0.39, 0.29) is 11.8 Å². The van der Waals surface area contributed by atoms with Crippen LogP contribution in [-0.4, -0.2) is 39.2 Å². The minimum Gasteiger partial charge on any atom is -0.508 e. The number of rotatable bonds is 2. The Labute approximate surface area is 136 Å². The van der Waals surface area contributed by atoms with Crippen molar-refractivity contribution in [2.45, 2.75) is 31.9 Å². The third kappa shape index (κ3) is 2.42. The van der Waals surface area contributed by atoms with Crippen LogP contribution in [0.15, 0.2) is 42.1 Å². The van der Waals surface area contributed by atoms with Gasteiger partial charge < -0.3 is 10.2 Å². The van der Waals surface area contributed by atoms with E-state index >= 15 is 0 Å². The summed E-state index contributed by atoms with van der Waals surface area (Å²) in [5.74, 6) is 0.812. The van der Waals surface area contributed by atoms with Crippen molar-refractivity contribution in [3.8, 4) is 5.75 Å². The lowest BCUT2D eigenvalue weighted by Crippen LogP contribution is -2.52. The maximum Gasteiger partial charge on any atom is 0.116 e. The standard InChI is InChI=1S/C19H22N2O2/c1-2-12-11-21-8-6-13(12)9-18(21)19(23)15-5-7-20-17-4-3-14(22)10-16(15)17/h2-5,7,10,13,18-19,22-23H,6,8-9,11H2,1H3/b12-2-/t13-,18+,19-/m0/s1. The van der Waals surface area contributed by atoms with Gasteiger partial charge >= 0.3 is 0 Å². The Bertz CT molecular complexity index is 771. The molecule has 3 saturated heterocycles. The summed E-state index contributed by atoms with van der Waals surface area (Å²) in [6, 6.07) is 7.16. The predicted octanol–water partition coefficient (Wildman–Crippen LogP) is 3.01. The van der Waals surface area contributed by atoms with Crippen molar-refractivity contribution in [1.29, 1.82) is 0 Å². The smallest absolute Gasteiger partial charge is 0.116 e. The fraction of sp³-hybridized carbons (Fsp3) is 0.421. The molecular formula is C19H22N2O2. The van der Waals surface area contributed by atoms with Gasteiger partial charge in [-0.2, -0.15) is 0 Å². The number of hydrogen-bond acceptors (Lipinski definition) is 4. The molecule has 4 atom stereocenters. The van der Waals surface area contributed by atoms with Gasteiger partial charge in [-0.05, 0) is 62.1 Å². The van der Waals surface area contributed by atoms with E-state index in [9.17, 15) is 10.2 Å². The summed E-state index contributed by atoms with van der Waals surface area (Å²) in [6.45, 7) is 4.14. The normalized spacial score (nSPS) is 30.0. The van der Waals surface area contributed by atoms with Crippen molar-refractivity contribution < 1.29 is 10.2 Å². The molecule has 4 heterocycles. The van der Waals surface area contributed by atoms with E-state index in [0.29, 0.717) is 5.92 Å². The number of phenolic OH excluding ortho intramolecular Hbond substituents is 1. The third-order valence-corrected chi connectivity index (χ3v) is 5.48. The molecule has 4 nitrogen and oxygen atoms in total. The highest BCUT2D eigenvalue weighted by molar-refractivity contribution is 5.83. The lowest BCUT2D eigenvalue weighted by atomic mass is 9.76. The zero-order chi connectivity index (χ0) is 16.0. The number of nitrogens with zero attached hydrogens (tertiary/aromatic N) is 2. The predicted molar refractivity (Wildman–Crippen MR) is 90.2 cm³/mol. The van der Waals surface area contributed by atoms with Gasteiger partial charge in [-0.25, -0.2) is 0 Å². The van der Waals surface area contributed by atoms with E-state index in [1.165, 1.54) is 12.0 Å². The monoisotopic (exact) mass is 310 g/mol. The summed E-state index contributed by atoms with van der Waals surface area (Å²) >= 11 is 0. The number of aromatic hydroxyl groups is 1. The van der Waals surface area contributed by atoms with Crippen molar-refractivity contribution in [3.63, 3.8) is 0 Å². The van der Waals surface area contributed by atoms with E-state index in [2.05, 4.69) is 22.9 Å². The van der Waals surface area contributed by atoms with E-state index in [1.807, 2.05) is 6.07 Å². The molecule has 3 fully saturated rings. The molecule has 2 bridgehead atoms. The van der Waals surface area contributed by atoms with E-state index < -0.39 is 6.10 Å². The molecule has 2 aromatic rings. The Morgan fingerprint density at radius 3 is 2.96 bits per heavy atom. The number of fused-ring (bicyclic) bond motifs is 4. The van der Waals surface area contributed by atoms with Crippen molar-refractivity contribution in [1.82, 2.24) is 9.88 Å². The number of phenols is 1. The molecule has 0 amide bonds. The van der Waals surface area contributed by atoms with E-state index in [0.717, 1.165) is 36.0 Å². The van der Waals surface area contributed by atoms with E-state index in [4.69, 9.17) is 0 Å². The molecule has 4 heteroatoms. The number of benzene rings is 1. The fourth-order valence-corrected chi connectivity index (χ4v) is 4.22. The van der Waals surface area contributed by atoms with Crippen molar-refractivity contribution in [2.24, 2.45) is 5.92 Å². The minimum atomic E-state index is -0.552. The number of aromatic nitrogens is 1. The number of hydrogen-bond donors (Lipinski definition) is 2. The van der Waals surface area contributed by atoms with Gasteiger partial charge in [-0.1, -0.05) is 11.6 Å². The van der Waals surface area contributed by atoms with Crippen LogP contribution in [0.2, 0.25) is 0 Å². The molecule has 3 aliphatic rings. The molecule has 0 radical (unpaired) electrons. The molecule has 23 heavy (non-hydrogen) atoms. The molecule has 1 aromatic heterocycles. The first kappa shape index (κ1) is 14.7. The van der Waals surface area contributed by atoms with Crippen LogP contribution < -0.4 is 0 Å². The molecule has 0 spiro atoms. The lowest BCUT2D eigenvalue weighted by molar-refractivity contribution is -0.00340. The summed E-state index contributed by atoms with van der Waals surface area (Å²) in [4.78, 5) is 6.74. The first-order valence-electron chi connectivity index (χ1n) is 8.32. The summed E-state index contributed by atoms with van der Waals surface area (Å²) in [5, 5.41) is 21.7. The van der Waals surface area contributed by atoms with Crippen LogP contribution >= 0.6 is 0 Å². The van der Waals surface area contributed by atoms with Crippen LogP contribution in [-0.2, 0) is 0 Å². The van der Waals surface area contributed by atoms with Gasteiger partial charge in [0.2, 0.25) is 0 Å². The SMILES string of the molecule is C/C=C1/CN2CC[C@H]1C[C@@H]2[C@@H](O)c1ccnc2ccc(O)cc12. The van der Waals surface area contributed by atoms with Gasteiger partial charge in [-0.15, -0.1) is 0 Å². The molecule has 3 aliphatic heterocycles. The Balaban J connectivity index is 1.70. The summed E-state index contributed by atoms with van der Waals surface area (Å²) < 4.78 is 0. The first-order valence-corrected chi connectivity index (χ1v) is 8.32. The number of piperidine rings is 3. The maximum absolute atomic E-state index is 11.0. The van der Waals surface area contributed by atoms with Crippen LogP contribution in [0.25, 0.3) is 10.9 Å². The summed E-state index contributed by atoms with van der Waals surface area (Å²) in [6.07, 6.45) is 5.62. The number of aliphatic hydroxyl groups is 1. The molecule has 0 aliphatic carbocycles. The van der Waals surface area contributed by atoms with Crippen molar-refractivity contribution >= 4 is 10.9 Å². The molecule has 5 rings (SSSR count). The summed E-state index contributed by atoms with van der Waals surface area (Å²) in [7, 11) is 0. The highest BCUT2D eigenvalue weighted by atomic mass is 16.3. The second-order valence-electron chi connectivity index (χ2n) is 6.67. The average molecular weight is 310 g/mol. The number of aliphatic hydroxyl groups excluding tert-OH is 1. The second kappa shape index (κ2) is 5.62. The topological polar surface area (TPSA) is 56.6 Å². The van der Waals surface area contributed by atoms with Gasteiger partial charge in [-0.3, -0.25) is 9.88 Å². The molecule has 0 saturated carbocycles. The van der Waals surface area contributed by atoms with Gasteiger partial charge in [0.15, 0.2) is 0 Å². The molecule has 120 valence electrons. The fourth-order valence-electron chi connectivity index (χ4n) is 4.22. The van der Waals surface area contributed by atoms with Crippen LogP contribution in [0.3, 0.4) is 0 Å². The van der Waals surface area contributed by atoms with Crippen LogP contribution in [0.1, 0.15) is 31.4 Å². The highest BCUT2D eigenvalue weighted by Crippen LogP contribution is 2.41. The Morgan fingerprint density at radius 2 is 2.22 bits per heavy atom. The Morgan fingerprint density at radius 1 is 1.35 bits per heavy atom. The highest BCUT2D eigenvalue weighted by Gasteiger charge is 2.40. The number of allylic oxidation sites excluding steroid dienone is 1. The minimum absolute atomic E-state index is 0.144. The molecule has 1 unspecified atom stereocenters. The second-order valence-corrected chi connectivity index (χ2v) is 6.67. The number of pyridine rings is 1. The van der Waals surface area contributed by atoms with Crippen LogP contribution in [0.5, 0.6) is 5.75 Å². The first-order chi connectivity index (χ1) is 11.2.